The molecule has 2 N–H and O–H groups in total. The highest BCUT2D eigenvalue weighted by Gasteiger charge is 2.17. The topological polar surface area (TPSA) is 74.6 Å². The molecule has 1 aromatic carbocycles. The number of nitrogens with one attached hydrogen (secondary N) is 2. The molecule has 0 saturated heterocycles. The summed E-state index contributed by atoms with van der Waals surface area (Å²) in [5.41, 5.74) is 1.24. The summed E-state index contributed by atoms with van der Waals surface area (Å²) in [6.45, 7) is 1.92. The number of rotatable bonds is 6. The van der Waals surface area contributed by atoms with Gasteiger partial charge in [0.15, 0.2) is 5.78 Å². The second kappa shape index (κ2) is 7.60. The average molecular weight is 315 g/mol. The van der Waals surface area contributed by atoms with Crippen molar-refractivity contribution in [2.24, 2.45) is 0 Å². The first-order valence-electron chi connectivity index (χ1n) is 7.33. The molecule has 0 aliphatic carbocycles. The third-order valence-corrected chi connectivity index (χ3v) is 3.50. The van der Waals surface area contributed by atoms with E-state index in [1.165, 1.54) is 6.92 Å². The Hall–Kier alpha value is -2.60. The fraction of sp³-hybridized carbons (Fsp3) is 0.294. The highest BCUT2D eigenvalue weighted by Crippen LogP contribution is 2.17. The zero-order valence-electron chi connectivity index (χ0n) is 13.5. The van der Waals surface area contributed by atoms with Crippen molar-refractivity contribution in [3.05, 3.63) is 54.0 Å². The lowest BCUT2D eigenvalue weighted by Crippen LogP contribution is -2.36. The maximum atomic E-state index is 12.0. The number of ketones is 1. The van der Waals surface area contributed by atoms with Crippen LogP contribution in [0.5, 0.6) is 0 Å². The van der Waals surface area contributed by atoms with Gasteiger partial charge in [-0.15, -0.1) is 0 Å². The highest BCUT2D eigenvalue weighted by molar-refractivity contribution is 5.95. The Balaban J connectivity index is 1.90. The Morgan fingerprint density at radius 1 is 1.17 bits per heavy atom. The van der Waals surface area contributed by atoms with Crippen LogP contribution in [0.15, 0.2) is 47.1 Å². The molecule has 0 saturated carbocycles. The Bertz CT molecular complexity index is 648. The maximum absolute atomic E-state index is 12.0. The van der Waals surface area contributed by atoms with Gasteiger partial charge in [-0.2, -0.15) is 0 Å². The van der Waals surface area contributed by atoms with Crippen molar-refractivity contribution in [3.8, 4) is 0 Å². The van der Waals surface area contributed by atoms with Gasteiger partial charge < -0.3 is 15.1 Å². The van der Waals surface area contributed by atoms with Gasteiger partial charge in [-0.25, -0.2) is 4.79 Å². The molecule has 0 spiro atoms. The van der Waals surface area contributed by atoms with E-state index in [1.54, 1.807) is 30.5 Å². The van der Waals surface area contributed by atoms with E-state index in [0.717, 1.165) is 5.76 Å². The van der Waals surface area contributed by atoms with Gasteiger partial charge in [-0.1, -0.05) is 0 Å². The van der Waals surface area contributed by atoms with Crippen molar-refractivity contribution < 1.29 is 14.0 Å². The smallest absolute Gasteiger partial charge is 0.319 e. The fourth-order valence-electron chi connectivity index (χ4n) is 2.17. The number of nitrogens with zero attached hydrogens (tertiary/aromatic N) is 1. The van der Waals surface area contributed by atoms with Crippen LogP contribution in [0.4, 0.5) is 10.5 Å². The monoisotopic (exact) mass is 315 g/mol. The number of urea groups is 1. The normalized spacial score (nSPS) is 12.0. The van der Waals surface area contributed by atoms with Gasteiger partial charge in [0, 0.05) is 17.8 Å². The molecule has 0 aliphatic heterocycles. The molecule has 0 radical (unpaired) electrons. The van der Waals surface area contributed by atoms with Crippen molar-refractivity contribution >= 4 is 17.5 Å². The van der Waals surface area contributed by atoms with Crippen LogP contribution in [0.25, 0.3) is 0 Å². The van der Waals surface area contributed by atoms with Gasteiger partial charge in [-0.05, 0) is 57.4 Å². The number of hydrogen-bond acceptors (Lipinski definition) is 4. The van der Waals surface area contributed by atoms with E-state index in [4.69, 9.17) is 4.42 Å². The van der Waals surface area contributed by atoms with E-state index in [-0.39, 0.29) is 17.9 Å². The van der Waals surface area contributed by atoms with Gasteiger partial charge in [0.25, 0.3) is 0 Å². The van der Waals surface area contributed by atoms with E-state index in [1.807, 2.05) is 31.1 Å². The summed E-state index contributed by atoms with van der Waals surface area (Å²) >= 11 is 0. The van der Waals surface area contributed by atoms with E-state index in [2.05, 4.69) is 10.6 Å². The van der Waals surface area contributed by atoms with E-state index in [9.17, 15) is 9.59 Å². The third kappa shape index (κ3) is 4.69. The van der Waals surface area contributed by atoms with Crippen molar-refractivity contribution in [3.63, 3.8) is 0 Å². The molecule has 2 aromatic rings. The zero-order valence-corrected chi connectivity index (χ0v) is 13.5. The number of carbonyl (C=O) groups excluding carboxylic acids is 2. The van der Waals surface area contributed by atoms with E-state index >= 15 is 0 Å². The summed E-state index contributed by atoms with van der Waals surface area (Å²) in [7, 11) is 3.85. The Kier molecular flexibility index (Phi) is 5.54. The van der Waals surface area contributed by atoms with Crippen molar-refractivity contribution in [1.82, 2.24) is 10.2 Å². The number of benzene rings is 1. The first kappa shape index (κ1) is 16.8. The van der Waals surface area contributed by atoms with Gasteiger partial charge in [-0.3, -0.25) is 9.69 Å². The van der Waals surface area contributed by atoms with Crippen LogP contribution in [0.3, 0.4) is 0 Å². The maximum Gasteiger partial charge on any atom is 0.319 e. The van der Waals surface area contributed by atoms with E-state index < -0.39 is 0 Å². The van der Waals surface area contributed by atoms with Crippen LogP contribution >= 0.6 is 0 Å². The number of carbonyl (C=O) groups is 2. The predicted molar refractivity (Wildman–Crippen MR) is 88.6 cm³/mol. The second-order valence-electron chi connectivity index (χ2n) is 5.46. The van der Waals surface area contributed by atoms with Crippen LogP contribution in [0, 0.1) is 0 Å². The molecule has 0 aliphatic rings. The Morgan fingerprint density at radius 2 is 1.87 bits per heavy atom. The molecule has 1 unspecified atom stereocenters. The summed E-state index contributed by atoms with van der Waals surface area (Å²) in [6, 6.07) is 10.1. The summed E-state index contributed by atoms with van der Waals surface area (Å²) in [5, 5.41) is 5.56. The Labute approximate surface area is 135 Å². The van der Waals surface area contributed by atoms with Crippen LogP contribution < -0.4 is 10.6 Å². The summed E-state index contributed by atoms with van der Waals surface area (Å²) in [5.74, 6) is 0.786. The molecule has 2 rings (SSSR count). The molecule has 2 amide bonds. The van der Waals surface area contributed by atoms with Gasteiger partial charge in [0.2, 0.25) is 0 Å². The third-order valence-electron chi connectivity index (χ3n) is 3.50. The molecular weight excluding hydrogens is 294 g/mol. The first-order valence-corrected chi connectivity index (χ1v) is 7.33. The van der Waals surface area contributed by atoms with Gasteiger partial charge in [0.05, 0.1) is 12.3 Å². The zero-order chi connectivity index (χ0) is 16.8. The minimum Gasteiger partial charge on any atom is -0.468 e. The van der Waals surface area contributed by atoms with Crippen molar-refractivity contribution in [2.45, 2.75) is 13.0 Å². The molecule has 1 heterocycles. The number of likely N-dealkylation sites (N-methyl/N-ethyl adjacent to an activating group) is 1. The summed E-state index contributed by atoms with van der Waals surface area (Å²) in [4.78, 5) is 25.2. The number of Topliss-reactive ketones (excluding diaryl/α,β-unsaturated/α-hetero) is 1. The second-order valence-corrected chi connectivity index (χ2v) is 5.46. The minimum atomic E-state index is -0.306. The van der Waals surface area contributed by atoms with Crippen molar-refractivity contribution in [1.29, 1.82) is 0 Å². The molecule has 0 fully saturated rings. The lowest BCUT2D eigenvalue weighted by Gasteiger charge is -2.22. The summed E-state index contributed by atoms with van der Waals surface area (Å²) < 4.78 is 5.40. The fourth-order valence-corrected chi connectivity index (χ4v) is 2.17. The standard InChI is InChI=1S/C17H21N3O3/c1-12(21)13-6-8-14(9-7-13)19-17(22)18-11-15(20(2)3)16-5-4-10-23-16/h4-10,15H,11H2,1-3H3,(H2,18,19,22). The lowest BCUT2D eigenvalue weighted by atomic mass is 10.1. The quantitative estimate of drug-likeness (QED) is 0.804. The molecular formula is C17H21N3O3. The largest absolute Gasteiger partial charge is 0.468 e. The Morgan fingerprint density at radius 3 is 2.39 bits per heavy atom. The molecule has 1 aromatic heterocycles. The minimum absolute atomic E-state index is 0.00623. The van der Waals surface area contributed by atoms with Gasteiger partial charge >= 0.3 is 6.03 Å². The predicted octanol–water partition coefficient (Wildman–Crippen LogP) is 2.91. The molecule has 122 valence electrons. The average Bonchev–Trinajstić information content (AvgIpc) is 3.01. The van der Waals surface area contributed by atoms with Gasteiger partial charge in [0.1, 0.15) is 5.76 Å². The highest BCUT2D eigenvalue weighted by atomic mass is 16.3. The number of amides is 2. The molecule has 0 bridgehead atoms. The van der Waals surface area contributed by atoms with Crippen LogP contribution in [0.1, 0.15) is 29.1 Å². The number of hydrogen-bond donors (Lipinski definition) is 2. The lowest BCUT2D eigenvalue weighted by molar-refractivity contribution is 0.101. The van der Waals surface area contributed by atoms with Crippen molar-refractivity contribution in [2.75, 3.05) is 26.0 Å². The van der Waals surface area contributed by atoms with Crippen LogP contribution in [0.2, 0.25) is 0 Å². The molecule has 1 atom stereocenters. The van der Waals surface area contributed by atoms with E-state index in [0.29, 0.717) is 17.8 Å². The molecule has 6 nitrogen and oxygen atoms in total. The summed E-state index contributed by atoms with van der Waals surface area (Å²) in [6.07, 6.45) is 1.61. The number of furan rings is 1. The SMILES string of the molecule is CC(=O)c1ccc(NC(=O)NCC(c2ccco2)N(C)C)cc1. The number of anilines is 1. The molecule has 6 heteroatoms. The van der Waals surface area contributed by atoms with Crippen LogP contribution in [-0.4, -0.2) is 37.4 Å². The first-order chi connectivity index (χ1) is 11.0. The molecule has 23 heavy (non-hydrogen) atoms. The van der Waals surface area contributed by atoms with Crippen LogP contribution in [-0.2, 0) is 0 Å².